The summed E-state index contributed by atoms with van der Waals surface area (Å²) in [6, 6.07) is 11.4. The van der Waals surface area contributed by atoms with E-state index in [2.05, 4.69) is 5.32 Å². The number of nitrogens with zero attached hydrogens (tertiary/aromatic N) is 3. The number of anilines is 1. The summed E-state index contributed by atoms with van der Waals surface area (Å²) in [7, 11) is 1.83. The average Bonchev–Trinajstić information content (AvgIpc) is 3.58. The number of allylic oxidation sites excluding steroid dienone is 1. The van der Waals surface area contributed by atoms with E-state index >= 15 is 0 Å². The summed E-state index contributed by atoms with van der Waals surface area (Å²) in [5.41, 5.74) is 2.88. The zero-order chi connectivity index (χ0) is 29.3. The monoisotopic (exact) mass is 568 g/mol. The van der Waals surface area contributed by atoms with E-state index in [1.807, 2.05) is 7.05 Å². The fraction of sp³-hybridized carbons (Fsp3) is 0.400. The van der Waals surface area contributed by atoms with Gasteiger partial charge in [-0.15, -0.1) is 0 Å². The zero-order valence-corrected chi connectivity index (χ0v) is 22.8. The third kappa shape index (κ3) is 5.84. The Bertz CT molecular complexity index is 1510. The van der Waals surface area contributed by atoms with E-state index in [4.69, 9.17) is 9.84 Å². The third-order valence-electron chi connectivity index (χ3n) is 7.87. The maximum atomic E-state index is 13.6. The third-order valence-corrected chi connectivity index (χ3v) is 7.87. The first-order valence-electron chi connectivity index (χ1n) is 13.7. The van der Waals surface area contributed by atoms with Crippen LogP contribution in [0.1, 0.15) is 78.8 Å². The van der Waals surface area contributed by atoms with Crippen LogP contribution in [-0.4, -0.2) is 27.3 Å². The van der Waals surface area contributed by atoms with Crippen molar-refractivity contribution in [2.75, 3.05) is 11.9 Å². The number of nitro groups is 1. The van der Waals surface area contributed by atoms with Gasteiger partial charge in [-0.1, -0.05) is 43.2 Å². The molecule has 1 N–H and O–H groups in total. The van der Waals surface area contributed by atoms with Crippen molar-refractivity contribution in [2.45, 2.75) is 63.5 Å². The van der Waals surface area contributed by atoms with Crippen molar-refractivity contribution >= 4 is 17.5 Å². The molecule has 2 heterocycles. The Labute approximate surface area is 235 Å². The summed E-state index contributed by atoms with van der Waals surface area (Å²) >= 11 is 0. The van der Waals surface area contributed by atoms with Crippen molar-refractivity contribution in [1.82, 2.24) is 9.78 Å². The Kier molecular flexibility index (Phi) is 7.88. The van der Waals surface area contributed by atoms with Gasteiger partial charge in [0.05, 0.1) is 28.4 Å². The molecule has 3 aromatic rings. The van der Waals surface area contributed by atoms with Gasteiger partial charge in [-0.25, -0.2) is 4.79 Å². The number of hydrogen-bond acceptors (Lipinski definition) is 6. The lowest BCUT2D eigenvalue weighted by molar-refractivity contribution is -0.384. The topological polar surface area (TPSA) is 99.3 Å². The van der Waals surface area contributed by atoms with Crippen molar-refractivity contribution < 1.29 is 27.6 Å². The van der Waals surface area contributed by atoms with Gasteiger partial charge in [0.15, 0.2) is 0 Å². The minimum Gasteiger partial charge on any atom is -0.462 e. The molecule has 1 aromatic heterocycles. The molecule has 1 unspecified atom stereocenters. The Morgan fingerprint density at radius 1 is 1.17 bits per heavy atom. The predicted molar refractivity (Wildman–Crippen MR) is 146 cm³/mol. The molecule has 41 heavy (non-hydrogen) atoms. The van der Waals surface area contributed by atoms with Gasteiger partial charge in [0.2, 0.25) is 0 Å². The number of rotatable bonds is 8. The molecule has 1 atom stereocenters. The van der Waals surface area contributed by atoms with E-state index in [1.54, 1.807) is 29.8 Å². The van der Waals surface area contributed by atoms with Gasteiger partial charge in [0.25, 0.3) is 5.69 Å². The SMILES string of the molecule is CC1=C(C(=O)OCCCc2cccc(C(F)(F)F)c2)C(c2cccc([N+](=O)[O-])c2)c2c(C3CCCC3)nn(C)c2N1. The number of non-ortho nitro benzene ring substituents is 1. The van der Waals surface area contributed by atoms with Crippen molar-refractivity contribution in [2.24, 2.45) is 7.05 Å². The normalized spacial score (nSPS) is 17.3. The van der Waals surface area contributed by atoms with E-state index < -0.39 is 28.6 Å². The highest BCUT2D eigenvalue weighted by Crippen LogP contribution is 2.48. The van der Waals surface area contributed by atoms with Crippen LogP contribution in [0.5, 0.6) is 0 Å². The fourth-order valence-corrected chi connectivity index (χ4v) is 5.94. The number of esters is 1. The molecule has 2 aromatic carbocycles. The number of carbonyl (C=O) groups is 1. The van der Waals surface area contributed by atoms with Gasteiger partial charge in [0, 0.05) is 42.3 Å². The summed E-state index contributed by atoms with van der Waals surface area (Å²) < 4.78 is 46.6. The first kappa shape index (κ1) is 28.4. The van der Waals surface area contributed by atoms with Crippen LogP contribution in [0.2, 0.25) is 0 Å². The van der Waals surface area contributed by atoms with Gasteiger partial charge >= 0.3 is 12.1 Å². The van der Waals surface area contributed by atoms with Crippen LogP contribution >= 0.6 is 0 Å². The maximum Gasteiger partial charge on any atom is 0.416 e. The van der Waals surface area contributed by atoms with Crippen molar-refractivity contribution in [3.63, 3.8) is 0 Å². The number of aromatic nitrogens is 2. The molecule has 0 spiro atoms. The molecule has 8 nitrogen and oxygen atoms in total. The van der Waals surface area contributed by atoms with Crippen molar-refractivity contribution in [3.8, 4) is 0 Å². The molecular weight excluding hydrogens is 537 g/mol. The Hall–Kier alpha value is -4.15. The number of nitrogens with one attached hydrogen (secondary N) is 1. The Morgan fingerprint density at radius 3 is 2.61 bits per heavy atom. The highest BCUT2D eigenvalue weighted by Gasteiger charge is 2.40. The van der Waals surface area contributed by atoms with E-state index in [9.17, 15) is 28.1 Å². The molecule has 11 heteroatoms. The molecule has 1 fully saturated rings. The molecule has 0 bridgehead atoms. The largest absolute Gasteiger partial charge is 0.462 e. The summed E-state index contributed by atoms with van der Waals surface area (Å²) in [6.45, 7) is 1.76. The lowest BCUT2D eigenvalue weighted by Crippen LogP contribution is -2.26. The molecule has 2 aliphatic rings. The van der Waals surface area contributed by atoms with E-state index in [0.717, 1.165) is 54.9 Å². The number of carbonyl (C=O) groups excluding carboxylic acids is 1. The van der Waals surface area contributed by atoms with Gasteiger partial charge in [0.1, 0.15) is 5.82 Å². The van der Waals surface area contributed by atoms with Gasteiger partial charge < -0.3 is 10.1 Å². The highest BCUT2D eigenvalue weighted by molar-refractivity contribution is 5.94. The van der Waals surface area contributed by atoms with Crippen LogP contribution in [0.4, 0.5) is 24.7 Å². The summed E-state index contributed by atoms with van der Waals surface area (Å²) in [4.78, 5) is 24.8. The van der Waals surface area contributed by atoms with Crippen LogP contribution in [-0.2, 0) is 29.2 Å². The first-order chi connectivity index (χ1) is 19.5. The van der Waals surface area contributed by atoms with Gasteiger partial charge in [-0.3, -0.25) is 14.8 Å². The quantitative estimate of drug-likeness (QED) is 0.136. The summed E-state index contributed by atoms with van der Waals surface area (Å²) in [6.07, 6.45) is 0.331. The number of ether oxygens (including phenoxy) is 1. The second-order valence-electron chi connectivity index (χ2n) is 10.6. The van der Waals surface area contributed by atoms with Crippen molar-refractivity contribution in [1.29, 1.82) is 0 Å². The molecule has 1 saturated carbocycles. The van der Waals surface area contributed by atoms with Crippen LogP contribution in [0, 0.1) is 10.1 Å². The molecule has 1 aliphatic heterocycles. The molecule has 5 rings (SSSR count). The number of halogens is 3. The lowest BCUT2D eigenvalue weighted by atomic mass is 9.79. The number of alkyl halides is 3. The van der Waals surface area contributed by atoms with Crippen LogP contribution in [0.3, 0.4) is 0 Å². The fourth-order valence-electron chi connectivity index (χ4n) is 5.94. The highest BCUT2D eigenvalue weighted by atomic mass is 19.4. The van der Waals surface area contributed by atoms with Crippen LogP contribution in [0.25, 0.3) is 0 Å². The smallest absolute Gasteiger partial charge is 0.416 e. The Morgan fingerprint density at radius 2 is 1.90 bits per heavy atom. The summed E-state index contributed by atoms with van der Waals surface area (Å²) in [5.74, 6) is -0.257. The number of hydrogen-bond donors (Lipinski definition) is 1. The predicted octanol–water partition coefficient (Wildman–Crippen LogP) is 7.01. The molecule has 0 saturated heterocycles. The van der Waals surface area contributed by atoms with Crippen LogP contribution in [0.15, 0.2) is 59.8 Å². The van der Waals surface area contributed by atoms with E-state index in [1.165, 1.54) is 18.2 Å². The number of fused-ring (bicyclic) bond motifs is 1. The zero-order valence-electron chi connectivity index (χ0n) is 22.8. The molecule has 216 valence electrons. The molecule has 0 amide bonds. The summed E-state index contributed by atoms with van der Waals surface area (Å²) in [5, 5.41) is 19.8. The minimum absolute atomic E-state index is 0.00287. The standard InChI is InChI=1S/C30H31F3N4O4/c1-18-24(29(38)41-15-7-9-19-8-5-13-22(16-19)30(31,32)33)25(21-12-6-14-23(17-21)37(39)40)26-27(20-10-3-4-11-20)35-36(2)28(26)34-18/h5-6,8,12-14,16-17,20,25,34H,3-4,7,9-11,15H2,1-2H3. The average molecular weight is 569 g/mol. The van der Waals surface area contributed by atoms with Crippen molar-refractivity contribution in [3.05, 3.63) is 97.9 Å². The van der Waals surface area contributed by atoms with Gasteiger partial charge in [-0.2, -0.15) is 18.3 Å². The van der Waals surface area contributed by atoms with Gasteiger partial charge in [-0.05, 0) is 49.8 Å². The lowest BCUT2D eigenvalue weighted by Gasteiger charge is -2.29. The Balaban J connectivity index is 1.43. The van der Waals surface area contributed by atoms with E-state index in [0.29, 0.717) is 35.2 Å². The number of nitro benzene ring substituents is 1. The maximum absolute atomic E-state index is 13.6. The van der Waals surface area contributed by atoms with Crippen LogP contribution < -0.4 is 5.32 Å². The minimum atomic E-state index is -4.43. The second kappa shape index (κ2) is 11.4. The number of aryl methyl sites for hydroxylation is 2. The molecule has 1 aliphatic carbocycles. The van der Waals surface area contributed by atoms with E-state index in [-0.39, 0.29) is 18.2 Å². The first-order valence-corrected chi connectivity index (χ1v) is 13.7. The molecular formula is C30H31F3N4O4. The second-order valence-corrected chi connectivity index (χ2v) is 10.6. The number of benzene rings is 2. The molecule has 0 radical (unpaired) electrons.